The number of aliphatic hydroxyl groups is 2. The molecule has 2 nitrogen and oxygen atoms in total. The monoisotopic (exact) mass is 158 g/mol. The van der Waals surface area contributed by atoms with Gasteiger partial charge in [0.2, 0.25) is 0 Å². The molecule has 0 aliphatic carbocycles. The van der Waals surface area contributed by atoms with Gasteiger partial charge in [0.15, 0.2) is 0 Å². The summed E-state index contributed by atoms with van der Waals surface area (Å²) >= 11 is 0. The molecule has 0 radical (unpaired) electrons. The summed E-state index contributed by atoms with van der Waals surface area (Å²) in [6.45, 7) is 7.38. The highest BCUT2D eigenvalue weighted by Gasteiger charge is 2.13. The van der Waals surface area contributed by atoms with Crippen molar-refractivity contribution in [1.82, 2.24) is 0 Å². The van der Waals surface area contributed by atoms with Crippen LogP contribution >= 0.6 is 0 Å². The lowest BCUT2D eigenvalue weighted by atomic mass is 10.00. The van der Waals surface area contributed by atoms with Gasteiger partial charge in [-0.2, -0.15) is 0 Å². The molecule has 2 atom stereocenters. The van der Waals surface area contributed by atoms with Crippen molar-refractivity contribution < 1.29 is 10.2 Å². The van der Waals surface area contributed by atoms with Crippen molar-refractivity contribution in [3.8, 4) is 0 Å². The smallest absolute Gasteiger partial charge is 0.0599 e. The fourth-order valence-electron chi connectivity index (χ4n) is 0.840. The Bertz CT molecular complexity index is 110. The summed E-state index contributed by atoms with van der Waals surface area (Å²) in [5.74, 6) is 0.217. The number of hydrogen-bond donors (Lipinski definition) is 2. The molecule has 0 aliphatic heterocycles. The molecule has 0 rings (SSSR count). The normalized spacial score (nSPS) is 16.5. The van der Waals surface area contributed by atoms with E-state index >= 15 is 0 Å². The molecule has 66 valence electrons. The van der Waals surface area contributed by atoms with Crippen LogP contribution in [0.15, 0.2) is 12.7 Å². The van der Waals surface area contributed by atoms with Crippen molar-refractivity contribution >= 4 is 0 Å². The highest BCUT2D eigenvalue weighted by molar-refractivity contribution is 4.75. The third-order valence-corrected chi connectivity index (χ3v) is 1.72. The number of rotatable bonds is 5. The maximum atomic E-state index is 9.33. The molecule has 0 saturated carbocycles. The fraction of sp³-hybridized carbons (Fsp3) is 0.778. The Balaban J connectivity index is 3.56. The standard InChI is InChI=1S/C9H18O2/c1-4-5-8(10)6-9(11)7(2)3/h4,7-11H,1,5-6H2,2-3H3. The molecule has 0 saturated heterocycles. The van der Waals surface area contributed by atoms with Gasteiger partial charge in [-0.1, -0.05) is 19.9 Å². The van der Waals surface area contributed by atoms with Gasteiger partial charge in [0, 0.05) is 0 Å². The first kappa shape index (κ1) is 10.7. The van der Waals surface area contributed by atoms with Crippen molar-refractivity contribution in [2.45, 2.75) is 38.9 Å². The molecule has 0 aromatic heterocycles. The van der Waals surface area contributed by atoms with Crippen LogP contribution in [0.2, 0.25) is 0 Å². The highest BCUT2D eigenvalue weighted by Crippen LogP contribution is 2.10. The summed E-state index contributed by atoms with van der Waals surface area (Å²) in [7, 11) is 0. The van der Waals surface area contributed by atoms with Gasteiger partial charge in [0.25, 0.3) is 0 Å². The van der Waals surface area contributed by atoms with Crippen LogP contribution in [0, 0.1) is 5.92 Å². The Morgan fingerprint density at radius 1 is 1.36 bits per heavy atom. The zero-order chi connectivity index (χ0) is 8.85. The van der Waals surface area contributed by atoms with Gasteiger partial charge in [0.05, 0.1) is 12.2 Å². The van der Waals surface area contributed by atoms with E-state index in [1.54, 1.807) is 6.08 Å². The van der Waals surface area contributed by atoms with Gasteiger partial charge >= 0.3 is 0 Å². The maximum Gasteiger partial charge on any atom is 0.0599 e. The van der Waals surface area contributed by atoms with E-state index in [1.807, 2.05) is 13.8 Å². The summed E-state index contributed by atoms with van der Waals surface area (Å²) < 4.78 is 0. The van der Waals surface area contributed by atoms with E-state index in [0.717, 1.165) is 0 Å². The lowest BCUT2D eigenvalue weighted by molar-refractivity contribution is 0.0550. The molecule has 0 amide bonds. The van der Waals surface area contributed by atoms with E-state index in [-0.39, 0.29) is 5.92 Å². The van der Waals surface area contributed by atoms with Crippen LogP contribution in [-0.2, 0) is 0 Å². The average Bonchev–Trinajstić information content (AvgIpc) is 1.87. The maximum absolute atomic E-state index is 9.33. The molecule has 2 heteroatoms. The molecule has 11 heavy (non-hydrogen) atoms. The molecule has 0 aromatic rings. The Hall–Kier alpha value is -0.340. The predicted molar refractivity (Wildman–Crippen MR) is 46.3 cm³/mol. The van der Waals surface area contributed by atoms with Crippen molar-refractivity contribution in [3.63, 3.8) is 0 Å². The van der Waals surface area contributed by atoms with Gasteiger partial charge in [0.1, 0.15) is 0 Å². The third kappa shape index (κ3) is 4.99. The van der Waals surface area contributed by atoms with E-state index in [4.69, 9.17) is 0 Å². The first-order valence-corrected chi connectivity index (χ1v) is 4.05. The van der Waals surface area contributed by atoms with E-state index < -0.39 is 12.2 Å². The first-order valence-electron chi connectivity index (χ1n) is 4.05. The zero-order valence-corrected chi connectivity index (χ0v) is 7.33. The van der Waals surface area contributed by atoms with Crippen molar-refractivity contribution in [2.75, 3.05) is 0 Å². The van der Waals surface area contributed by atoms with Crippen LogP contribution in [-0.4, -0.2) is 22.4 Å². The van der Waals surface area contributed by atoms with Crippen molar-refractivity contribution in [2.24, 2.45) is 5.92 Å². The third-order valence-electron chi connectivity index (χ3n) is 1.72. The minimum absolute atomic E-state index is 0.217. The van der Waals surface area contributed by atoms with Gasteiger partial charge in [-0.15, -0.1) is 6.58 Å². The fourth-order valence-corrected chi connectivity index (χ4v) is 0.840. The Kier molecular flexibility index (Phi) is 5.16. The number of hydrogen-bond acceptors (Lipinski definition) is 2. The van der Waals surface area contributed by atoms with Crippen molar-refractivity contribution in [3.05, 3.63) is 12.7 Å². The van der Waals surface area contributed by atoms with E-state index in [1.165, 1.54) is 0 Å². The SMILES string of the molecule is C=CCC(O)CC(O)C(C)C. The van der Waals surface area contributed by atoms with Crippen molar-refractivity contribution in [1.29, 1.82) is 0 Å². The van der Waals surface area contributed by atoms with Crippen LogP contribution in [0.3, 0.4) is 0 Å². The first-order chi connectivity index (χ1) is 5.07. The van der Waals surface area contributed by atoms with Crippen LogP contribution in [0.25, 0.3) is 0 Å². The summed E-state index contributed by atoms with van der Waals surface area (Å²) in [5, 5.41) is 18.6. The molecule has 2 unspecified atom stereocenters. The van der Waals surface area contributed by atoms with Crippen LogP contribution in [0.5, 0.6) is 0 Å². The van der Waals surface area contributed by atoms with Crippen LogP contribution < -0.4 is 0 Å². The second-order valence-corrected chi connectivity index (χ2v) is 3.23. The molecular formula is C9H18O2. The summed E-state index contributed by atoms with van der Waals surface area (Å²) in [6.07, 6.45) is 1.83. The molecule has 0 spiro atoms. The summed E-state index contributed by atoms with van der Waals surface area (Å²) in [5.41, 5.74) is 0. The molecule has 0 aliphatic rings. The van der Waals surface area contributed by atoms with Crippen LogP contribution in [0.1, 0.15) is 26.7 Å². The Morgan fingerprint density at radius 3 is 2.27 bits per heavy atom. The van der Waals surface area contributed by atoms with Crippen LogP contribution in [0.4, 0.5) is 0 Å². The highest BCUT2D eigenvalue weighted by atomic mass is 16.3. The molecule has 0 fully saturated rings. The summed E-state index contributed by atoms with van der Waals surface area (Å²) in [4.78, 5) is 0. The zero-order valence-electron chi connectivity index (χ0n) is 7.33. The lowest BCUT2D eigenvalue weighted by Crippen LogP contribution is -2.21. The molecule has 0 heterocycles. The van der Waals surface area contributed by atoms with Gasteiger partial charge < -0.3 is 10.2 Å². The molecule has 0 aromatic carbocycles. The predicted octanol–water partition coefficient (Wildman–Crippen LogP) is 1.33. The average molecular weight is 158 g/mol. The van der Waals surface area contributed by atoms with Gasteiger partial charge in [-0.05, 0) is 18.8 Å². The summed E-state index contributed by atoms with van der Waals surface area (Å²) in [6, 6.07) is 0. The Labute approximate surface area is 68.6 Å². The van der Waals surface area contributed by atoms with E-state index in [2.05, 4.69) is 6.58 Å². The van der Waals surface area contributed by atoms with Gasteiger partial charge in [-0.25, -0.2) is 0 Å². The minimum atomic E-state index is -0.440. The molecule has 0 bridgehead atoms. The van der Waals surface area contributed by atoms with E-state index in [9.17, 15) is 10.2 Å². The quantitative estimate of drug-likeness (QED) is 0.593. The lowest BCUT2D eigenvalue weighted by Gasteiger charge is -2.17. The van der Waals surface area contributed by atoms with E-state index in [0.29, 0.717) is 12.8 Å². The second-order valence-electron chi connectivity index (χ2n) is 3.23. The number of aliphatic hydroxyl groups excluding tert-OH is 2. The molecular weight excluding hydrogens is 140 g/mol. The topological polar surface area (TPSA) is 40.5 Å². The Morgan fingerprint density at radius 2 is 1.91 bits per heavy atom. The van der Waals surface area contributed by atoms with Gasteiger partial charge in [-0.3, -0.25) is 0 Å². The molecule has 2 N–H and O–H groups in total. The largest absolute Gasteiger partial charge is 0.393 e. The second kappa shape index (κ2) is 5.33. The minimum Gasteiger partial charge on any atom is -0.393 e.